The fourth-order valence-corrected chi connectivity index (χ4v) is 3.71. The van der Waals surface area contributed by atoms with Gasteiger partial charge in [-0.2, -0.15) is 0 Å². The molecule has 3 rings (SSSR count). The van der Waals surface area contributed by atoms with Gasteiger partial charge in [-0.25, -0.2) is 9.37 Å². The highest BCUT2D eigenvalue weighted by Crippen LogP contribution is 2.27. The van der Waals surface area contributed by atoms with Crippen molar-refractivity contribution >= 4 is 5.57 Å². The molecule has 0 saturated carbocycles. The first-order chi connectivity index (χ1) is 17.2. The lowest BCUT2D eigenvalue weighted by molar-refractivity contribution is 0.328. The van der Waals surface area contributed by atoms with E-state index in [1.807, 2.05) is 48.0 Å². The van der Waals surface area contributed by atoms with E-state index in [9.17, 15) is 9.50 Å². The summed E-state index contributed by atoms with van der Waals surface area (Å²) in [6, 6.07) is 9.67. The van der Waals surface area contributed by atoms with Gasteiger partial charge in [0.25, 0.3) is 0 Å². The van der Waals surface area contributed by atoms with Crippen molar-refractivity contribution in [2.24, 2.45) is 0 Å². The maximum Gasteiger partial charge on any atom is 0.122 e. The van der Waals surface area contributed by atoms with Crippen LogP contribution in [0.4, 0.5) is 4.39 Å². The molecule has 2 heterocycles. The summed E-state index contributed by atoms with van der Waals surface area (Å²) in [7, 11) is 3.24. The van der Waals surface area contributed by atoms with E-state index in [1.54, 1.807) is 20.4 Å². The smallest absolute Gasteiger partial charge is 0.122 e. The number of imidazole rings is 1. The number of pyridine rings is 1. The molecular weight excluding hydrogens is 459 g/mol. The molecule has 2 N–H and O–H groups in total. The number of aliphatic hydroxyl groups excluding tert-OH is 1. The zero-order valence-electron chi connectivity index (χ0n) is 21.2. The first-order valence-corrected chi connectivity index (χ1v) is 11.5. The van der Waals surface area contributed by atoms with E-state index in [4.69, 9.17) is 14.5 Å². The van der Waals surface area contributed by atoms with Crippen LogP contribution < -0.4 is 14.8 Å². The van der Waals surface area contributed by atoms with Gasteiger partial charge in [-0.1, -0.05) is 13.2 Å². The highest BCUT2D eigenvalue weighted by atomic mass is 19.1. The molecule has 3 aromatic rings. The molecule has 36 heavy (non-hydrogen) atoms. The van der Waals surface area contributed by atoms with E-state index in [0.29, 0.717) is 35.9 Å². The van der Waals surface area contributed by atoms with Crippen LogP contribution in [-0.2, 0) is 13.1 Å². The molecule has 0 radical (unpaired) electrons. The molecular formula is C28H33FN4O3. The fourth-order valence-electron chi connectivity index (χ4n) is 3.71. The lowest BCUT2D eigenvalue weighted by Gasteiger charge is -2.17. The van der Waals surface area contributed by atoms with E-state index in [2.05, 4.69) is 30.4 Å². The van der Waals surface area contributed by atoms with Crippen LogP contribution in [0.1, 0.15) is 41.3 Å². The van der Waals surface area contributed by atoms with Crippen molar-refractivity contribution < 1.29 is 19.0 Å². The topological polar surface area (TPSA) is 81.4 Å². The number of hydrogen-bond donors (Lipinski definition) is 2. The van der Waals surface area contributed by atoms with Gasteiger partial charge < -0.3 is 24.5 Å². The Morgan fingerprint density at radius 2 is 1.86 bits per heavy atom. The van der Waals surface area contributed by atoms with E-state index in [0.717, 1.165) is 22.6 Å². The van der Waals surface area contributed by atoms with Crippen LogP contribution in [0.15, 0.2) is 73.4 Å². The van der Waals surface area contributed by atoms with Gasteiger partial charge >= 0.3 is 0 Å². The summed E-state index contributed by atoms with van der Waals surface area (Å²) < 4.78 is 26.5. The molecule has 190 valence electrons. The second kappa shape index (κ2) is 12.3. The number of halogens is 1. The van der Waals surface area contributed by atoms with Gasteiger partial charge in [-0.3, -0.25) is 4.98 Å². The predicted octanol–water partition coefficient (Wildman–Crippen LogP) is 4.92. The summed E-state index contributed by atoms with van der Waals surface area (Å²) in [6.45, 7) is 11.9. The van der Waals surface area contributed by atoms with Crippen LogP contribution in [0.25, 0.3) is 5.57 Å². The normalized spacial score (nSPS) is 12.3. The highest BCUT2D eigenvalue weighted by Gasteiger charge is 2.12. The van der Waals surface area contributed by atoms with Crippen molar-refractivity contribution in [3.8, 4) is 11.5 Å². The Labute approximate surface area is 211 Å². The molecule has 0 bridgehead atoms. The third-order valence-electron chi connectivity index (χ3n) is 5.87. The van der Waals surface area contributed by atoms with Gasteiger partial charge in [-0.05, 0) is 60.9 Å². The zero-order valence-corrected chi connectivity index (χ0v) is 21.2. The van der Waals surface area contributed by atoms with Crippen molar-refractivity contribution in [1.82, 2.24) is 19.9 Å². The number of hydrogen-bond acceptors (Lipinski definition) is 6. The monoisotopic (exact) mass is 492 g/mol. The van der Waals surface area contributed by atoms with E-state index in [1.165, 1.54) is 6.08 Å². The predicted molar refractivity (Wildman–Crippen MR) is 140 cm³/mol. The van der Waals surface area contributed by atoms with Crippen LogP contribution in [0.3, 0.4) is 0 Å². The first kappa shape index (κ1) is 26.8. The Bertz CT molecular complexity index is 1240. The second-order valence-corrected chi connectivity index (χ2v) is 8.46. The highest BCUT2D eigenvalue weighted by molar-refractivity contribution is 5.71. The minimum atomic E-state index is -0.701. The number of ether oxygens (including phenoxy) is 2. The Kier molecular flexibility index (Phi) is 9.16. The summed E-state index contributed by atoms with van der Waals surface area (Å²) in [4.78, 5) is 9.04. The fraction of sp³-hybridized carbons (Fsp3) is 0.286. The largest absolute Gasteiger partial charge is 0.497 e. The molecule has 0 saturated heterocycles. The molecule has 7 nitrogen and oxygen atoms in total. The summed E-state index contributed by atoms with van der Waals surface area (Å²) >= 11 is 0. The number of methoxy groups -OCH3 is 2. The number of aliphatic hydroxyl groups is 1. The second-order valence-electron chi connectivity index (χ2n) is 8.46. The molecule has 0 fully saturated rings. The van der Waals surface area contributed by atoms with Gasteiger partial charge in [0.15, 0.2) is 0 Å². The van der Waals surface area contributed by atoms with Crippen molar-refractivity contribution in [2.75, 3.05) is 20.8 Å². The standard InChI is InChI=1S/C28H33FN4O3/c1-18(9-24(17-34)19(2)29)28-11-22(16-33-8-7-30-21(33)4)10-25(32-28)15-31-20(3)23-12-26(35-5)14-27(13-23)36-6/h7-14,20,31,34H,1-2,15-17H2,3-6H3/b24-9-. The number of nitrogens with zero attached hydrogens (tertiary/aromatic N) is 3. The Morgan fingerprint density at radius 1 is 1.17 bits per heavy atom. The van der Waals surface area contributed by atoms with Crippen LogP contribution in [0.2, 0.25) is 0 Å². The number of benzene rings is 1. The van der Waals surface area contributed by atoms with Crippen LogP contribution in [-0.4, -0.2) is 40.5 Å². The quantitative estimate of drug-likeness (QED) is 0.350. The van der Waals surface area contributed by atoms with E-state index >= 15 is 0 Å². The minimum Gasteiger partial charge on any atom is -0.497 e. The number of aromatic nitrogens is 3. The third-order valence-corrected chi connectivity index (χ3v) is 5.87. The zero-order chi connectivity index (χ0) is 26.2. The van der Waals surface area contributed by atoms with Gasteiger partial charge in [0.1, 0.15) is 23.2 Å². The summed E-state index contributed by atoms with van der Waals surface area (Å²) in [6.07, 6.45) is 5.14. The summed E-state index contributed by atoms with van der Waals surface area (Å²) in [5.41, 5.74) is 3.93. The molecule has 0 aliphatic carbocycles. The van der Waals surface area contributed by atoms with Gasteiger partial charge in [0.2, 0.25) is 0 Å². The van der Waals surface area contributed by atoms with E-state index < -0.39 is 12.4 Å². The van der Waals surface area contributed by atoms with Crippen LogP contribution in [0, 0.1) is 6.92 Å². The van der Waals surface area contributed by atoms with Crippen molar-refractivity contribution in [2.45, 2.75) is 33.0 Å². The number of aryl methyl sites for hydroxylation is 1. The molecule has 2 aromatic heterocycles. The average Bonchev–Trinajstić information content (AvgIpc) is 3.28. The molecule has 0 amide bonds. The van der Waals surface area contributed by atoms with Crippen LogP contribution in [0.5, 0.6) is 11.5 Å². The first-order valence-electron chi connectivity index (χ1n) is 11.5. The third kappa shape index (κ3) is 6.90. The average molecular weight is 493 g/mol. The summed E-state index contributed by atoms with van der Waals surface area (Å²) in [5, 5.41) is 13.0. The molecule has 0 aliphatic heterocycles. The van der Waals surface area contributed by atoms with E-state index in [-0.39, 0.29) is 11.6 Å². The Morgan fingerprint density at radius 3 is 2.42 bits per heavy atom. The molecule has 1 unspecified atom stereocenters. The maximum atomic E-state index is 13.7. The molecule has 8 heteroatoms. The van der Waals surface area contributed by atoms with Crippen molar-refractivity contribution in [3.05, 3.63) is 102 Å². The molecule has 0 aliphatic rings. The lowest BCUT2D eigenvalue weighted by Crippen LogP contribution is -2.19. The number of rotatable bonds is 12. The van der Waals surface area contributed by atoms with Gasteiger partial charge in [0.05, 0.1) is 32.2 Å². The van der Waals surface area contributed by atoms with Crippen molar-refractivity contribution in [3.63, 3.8) is 0 Å². The van der Waals surface area contributed by atoms with Crippen LogP contribution >= 0.6 is 0 Å². The lowest BCUT2D eigenvalue weighted by atomic mass is 10.1. The van der Waals surface area contributed by atoms with Gasteiger partial charge in [-0.15, -0.1) is 0 Å². The molecule has 1 aromatic carbocycles. The van der Waals surface area contributed by atoms with Gasteiger partial charge in [0, 0.05) is 43.2 Å². The maximum absolute atomic E-state index is 13.7. The summed E-state index contributed by atoms with van der Waals surface area (Å²) in [5.74, 6) is 1.62. The molecule has 1 atom stereocenters. The number of nitrogens with one attached hydrogen (secondary N) is 1. The van der Waals surface area contributed by atoms with Crippen molar-refractivity contribution in [1.29, 1.82) is 0 Å². The Balaban J connectivity index is 1.89. The molecule has 0 spiro atoms. The minimum absolute atomic E-state index is 0.0160. The SMILES string of the molecule is C=C(F)/C(=C\C(=C)c1cc(Cn2ccnc2C)cc(CNC(C)c2cc(OC)cc(OC)c2)n1)CO. The Hall–Kier alpha value is -3.75. The number of allylic oxidation sites excluding steroid dienone is 2.